The van der Waals surface area contributed by atoms with E-state index in [1.165, 1.54) is 10.5 Å². The number of H-pyrrole nitrogens is 1. The van der Waals surface area contributed by atoms with Crippen LogP contribution in [0.5, 0.6) is 0 Å². The van der Waals surface area contributed by atoms with E-state index >= 15 is 0 Å². The van der Waals surface area contributed by atoms with Crippen molar-refractivity contribution in [2.24, 2.45) is 0 Å². The van der Waals surface area contributed by atoms with Crippen molar-refractivity contribution in [2.45, 2.75) is 6.92 Å². The lowest BCUT2D eigenvalue weighted by molar-refractivity contribution is 0.0526. The van der Waals surface area contributed by atoms with E-state index in [9.17, 15) is 9.59 Å². The summed E-state index contributed by atoms with van der Waals surface area (Å²) in [5.74, 6) is -0.00650. The lowest BCUT2D eigenvalue weighted by Crippen LogP contribution is -2.10. The molecule has 2 heterocycles. The number of benzene rings is 1. The van der Waals surface area contributed by atoms with Crippen molar-refractivity contribution in [1.29, 1.82) is 0 Å². The van der Waals surface area contributed by atoms with E-state index in [-0.39, 0.29) is 16.7 Å². The molecular formula is C15H12ClN3O3. The van der Waals surface area contributed by atoms with Crippen LogP contribution in [0.2, 0.25) is 5.15 Å². The van der Waals surface area contributed by atoms with E-state index in [0.29, 0.717) is 23.6 Å². The molecule has 0 saturated heterocycles. The minimum absolute atomic E-state index is 0.229. The number of carbonyl (C=O) groups excluding carboxylic acids is 1. The fourth-order valence-corrected chi connectivity index (χ4v) is 2.27. The van der Waals surface area contributed by atoms with E-state index in [2.05, 4.69) is 9.97 Å². The first-order chi connectivity index (χ1) is 10.6. The molecule has 0 aliphatic carbocycles. The molecule has 3 rings (SSSR count). The Balaban J connectivity index is 1.99. The Morgan fingerprint density at radius 1 is 1.36 bits per heavy atom. The first-order valence-electron chi connectivity index (χ1n) is 6.64. The number of nitrogens with zero attached hydrogens (tertiary/aromatic N) is 2. The molecule has 0 aliphatic heterocycles. The second kappa shape index (κ2) is 5.65. The van der Waals surface area contributed by atoms with Crippen LogP contribution in [0.4, 0.5) is 0 Å². The molecule has 0 atom stereocenters. The van der Waals surface area contributed by atoms with Crippen LogP contribution in [0.15, 0.2) is 41.3 Å². The second-order valence-electron chi connectivity index (χ2n) is 4.57. The first-order valence-corrected chi connectivity index (χ1v) is 7.02. The zero-order chi connectivity index (χ0) is 15.7. The summed E-state index contributed by atoms with van der Waals surface area (Å²) in [6, 6.07) is 8.10. The molecule has 2 aromatic heterocycles. The normalized spacial score (nSPS) is 10.8. The maximum absolute atomic E-state index is 11.8. The van der Waals surface area contributed by atoms with Gasteiger partial charge in [-0.15, -0.1) is 0 Å². The van der Waals surface area contributed by atoms with Crippen LogP contribution in [0.25, 0.3) is 17.0 Å². The predicted molar refractivity (Wildman–Crippen MR) is 82.2 cm³/mol. The Hall–Kier alpha value is -2.60. The highest BCUT2D eigenvalue weighted by Gasteiger charge is 2.10. The molecule has 0 aliphatic rings. The average Bonchev–Trinajstić information content (AvgIpc) is 2.92. The van der Waals surface area contributed by atoms with Crippen molar-refractivity contribution in [3.8, 4) is 11.3 Å². The highest BCUT2D eigenvalue weighted by atomic mass is 35.5. The smallest absolute Gasteiger partial charge is 0.338 e. The molecule has 0 fully saturated rings. The molecule has 0 bridgehead atoms. The maximum atomic E-state index is 11.8. The van der Waals surface area contributed by atoms with E-state index in [4.69, 9.17) is 16.3 Å². The van der Waals surface area contributed by atoms with Crippen molar-refractivity contribution in [1.82, 2.24) is 14.4 Å². The van der Waals surface area contributed by atoms with Crippen LogP contribution in [0.3, 0.4) is 0 Å². The molecule has 0 spiro atoms. The summed E-state index contributed by atoms with van der Waals surface area (Å²) in [5, 5.41) is 0.229. The summed E-state index contributed by atoms with van der Waals surface area (Å²) in [4.78, 5) is 30.6. The molecule has 7 heteroatoms. The van der Waals surface area contributed by atoms with Gasteiger partial charge < -0.3 is 9.72 Å². The number of hydrogen-bond acceptors (Lipinski definition) is 4. The lowest BCUT2D eigenvalue weighted by atomic mass is 10.1. The summed E-state index contributed by atoms with van der Waals surface area (Å²) in [6.45, 7) is 2.08. The van der Waals surface area contributed by atoms with Crippen LogP contribution in [-0.4, -0.2) is 26.9 Å². The number of rotatable bonds is 3. The number of hydrogen-bond donors (Lipinski definition) is 1. The summed E-state index contributed by atoms with van der Waals surface area (Å²) in [6.07, 6.45) is 1.61. The number of esters is 1. The Labute approximate surface area is 130 Å². The van der Waals surface area contributed by atoms with Crippen LogP contribution < -0.4 is 5.56 Å². The van der Waals surface area contributed by atoms with Gasteiger partial charge in [0.15, 0.2) is 0 Å². The third-order valence-electron chi connectivity index (χ3n) is 3.12. The fraction of sp³-hybridized carbons (Fsp3) is 0.133. The Morgan fingerprint density at radius 3 is 2.77 bits per heavy atom. The van der Waals surface area contributed by atoms with Crippen LogP contribution in [0, 0.1) is 0 Å². The SMILES string of the molecule is CCOC(=O)c1ccc(-c2cn3c(=O)cc(Cl)[nH]c3n2)cc1. The summed E-state index contributed by atoms with van der Waals surface area (Å²) in [5.41, 5.74) is 1.58. The average molecular weight is 318 g/mol. The molecule has 0 saturated carbocycles. The quantitative estimate of drug-likeness (QED) is 0.595. The number of ether oxygens (including phenoxy) is 1. The largest absolute Gasteiger partial charge is 0.462 e. The molecule has 6 nitrogen and oxygen atoms in total. The van der Waals surface area contributed by atoms with Gasteiger partial charge in [-0.2, -0.15) is 0 Å². The number of fused-ring (bicyclic) bond motifs is 1. The van der Waals surface area contributed by atoms with E-state index in [1.807, 2.05) is 0 Å². The van der Waals surface area contributed by atoms with Gasteiger partial charge in [-0.3, -0.25) is 9.20 Å². The molecule has 0 radical (unpaired) electrons. The summed E-state index contributed by atoms with van der Waals surface area (Å²) >= 11 is 5.80. The van der Waals surface area contributed by atoms with Gasteiger partial charge >= 0.3 is 5.97 Å². The van der Waals surface area contributed by atoms with Crippen LogP contribution in [0.1, 0.15) is 17.3 Å². The van der Waals surface area contributed by atoms with Crippen LogP contribution >= 0.6 is 11.6 Å². The second-order valence-corrected chi connectivity index (χ2v) is 4.98. The number of aromatic amines is 1. The third kappa shape index (κ3) is 2.60. The van der Waals surface area contributed by atoms with Gasteiger partial charge in [0.25, 0.3) is 5.56 Å². The summed E-state index contributed by atoms with van der Waals surface area (Å²) < 4.78 is 6.31. The zero-order valence-electron chi connectivity index (χ0n) is 11.7. The molecule has 0 unspecified atom stereocenters. The van der Waals surface area contributed by atoms with Gasteiger partial charge in [0, 0.05) is 17.8 Å². The molecule has 0 amide bonds. The minimum Gasteiger partial charge on any atom is -0.462 e. The standard InChI is InChI=1S/C15H12ClN3O3/c1-2-22-14(21)10-5-3-9(4-6-10)11-8-19-13(20)7-12(16)18-15(19)17-11/h3-8H,2H2,1H3,(H,17,18). The third-order valence-corrected chi connectivity index (χ3v) is 3.32. The number of imidazole rings is 1. The maximum Gasteiger partial charge on any atom is 0.338 e. The molecule has 22 heavy (non-hydrogen) atoms. The van der Waals surface area contributed by atoms with Gasteiger partial charge in [-0.05, 0) is 19.1 Å². The highest BCUT2D eigenvalue weighted by molar-refractivity contribution is 6.29. The van der Waals surface area contributed by atoms with Gasteiger partial charge in [-0.1, -0.05) is 23.7 Å². The number of nitrogens with one attached hydrogen (secondary N) is 1. The molecular weight excluding hydrogens is 306 g/mol. The highest BCUT2D eigenvalue weighted by Crippen LogP contribution is 2.19. The number of aromatic nitrogens is 3. The van der Waals surface area contributed by atoms with Crippen molar-refractivity contribution < 1.29 is 9.53 Å². The lowest BCUT2D eigenvalue weighted by Gasteiger charge is -2.02. The topological polar surface area (TPSA) is 76.5 Å². The molecule has 1 N–H and O–H groups in total. The van der Waals surface area contributed by atoms with Gasteiger partial charge in [0.2, 0.25) is 5.78 Å². The molecule has 112 valence electrons. The Morgan fingerprint density at radius 2 is 2.09 bits per heavy atom. The Kier molecular flexibility index (Phi) is 3.68. The number of halogens is 1. The summed E-state index contributed by atoms with van der Waals surface area (Å²) in [7, 11) is 0. The molecule has 1 aromatic carbocycles. The molecule has 3 aromatic rings. The van der Waals surface area contributed by atoms with Crippen molar-refractivity contribution in [2.75, 3.05) is 6.61 Å². The predicted octanol–water partition coefficient (Wildman–Crippen LogP) is 2.52. The minimum atomic E-state index is -0.369. The van der Waals surface area contributed by atoms with Crippen molar-refractivity contribution in [3.05, 3.63) is 57.6 Å². The Bertz CT molecular complexity index is 897. The van der Waals surface area contributed by atoms with Gasteiger partial charge in [0.05, 0.1) is 17.9 Å². The van der Waals surface area contributed by atoms with E-state index in [0.717, 1.165) is 5.56 Å². The zero-order valence-corrected chi connectivity index (χ0v) is 12.4. The van der Waals surface area contributed by atoms with Crippen molar-refractivity contribution in [3.63, 3.8) is 0 Å². The van der Waals surface area contributed by atoms with Gasteiger partial charge in [-0.25, -0.2) is 9.78 Å². The first kappa shape index (κ1) is 14.3. The van der Waals surface area contributed by atoms with Gasteiger partial charge in [0.1, 0.15) is 5.15 Å². The van der Waals surface area contributed by atoms with Crippen LogP contribution in [-0.2, 0) is 4.74 Å². The fourth-order valence-electron chi connectivity index (χ4n) is 2.09. The number of carbonyl (C=O) groups is 1. The monoisotopic (exact) mass is 317 g/mol. The van der Waals surface area contributed by atoms with E-state index < -0.39 is 0 Å². The van der Waals surface area contributed by atoms with Crippen molar-refractivity contribution >= 4 is 23.3 Å². The van der Waals surface area contributed by atoms with E-state index in [1.54, 1.807) is 37.4 Å².